The zero-order chi connectivity index (χ0) is 15.5. The summed E-state index contributed by atoms with van der Waals surface area (Å²) in [6, 6.07) is 0. The van der Waals surface area contributed by atoms with Gasteiger partial charge in [0, 0.05) is 0 Å². The normalized spacial score (nSPS) is 30.5. The first-order chi connectivity index (χ1) is 10.1. The molecule has 0 radical (unpaired) electrons. The minimum atomic E-state index is -1.05. The second kappa shape index (κ2) is 6.80. The number of hydrogen-bond donors (Lipinski definition) is 0. The molecule has 21 heavy (non-hydrogen) atoms. The van der Waals surface area contributed by atoms with E-state index in [1.165, 1.54) is 20.6 Å². The number of unbranched alkanes of at least 4 members (excludes halogenated alkanes) is 1. The van der Waals surface area contributed by atoms with Crippen molar-refractivity contribution in [2.45, 2.75) is 58.3 Å². The molecule has 0 aromatic rings. The Morgan fingerprint density at radius 2 is 1.71 bits per heavy atom. The van der Waals surface area contributed by atoms with Gasteiger partial charge in [0.05, 0.1) is 14.2 Å². The van der Waals surface area contributed by atoms with Crippen molar-refractivity contribution in [3.63, 3.8) is 0 Å². The maximum Gasteiger partial charge on any atom is 0.323 e. The van der Waals surface area contributed by atoms with Gasteiger partial charge in [-0.3, -0.25) is 9.59 Å². The lowest BCUT2D eigenvalue weighted by atomic mass is 9.69. The molecule has 4 heteroatoms. The molecule has 0 unspecified atom stereocenters. The van der Waals surface area contributed by atoms with E-state index < -0.39 is 5.41 Å². The fourth-order valence-electron chi connectivity index (χ4n) is 4.75. The molecule has 2 rings (SSSR count). The van der Waals surface area contributed by atoms with Crippen LogP contribution in [0.4, 0.5) is 0 Å². The molecule has 0 spiro atoms. The Morgan fingerprint density at radius 1 is 1.10 bits per heavy atom. The van der Waals surface area contributed by atoms with Crippen LogP contribution in [0.1, 0.15) is 58.3 Å². The van der Waals surface area contributed by atoms with Crippen molar-refractivity contribution >= 4 is 11.9 Å². The predicted molar refractivity (Wildman–Crippen MR) is 79.5 cm³/mol. The highest BCUT2D eigenvalue weighted by Gasteiger charge is 2.63. The number of methoxy groups -OCH3 is 2. The summed E-state index contributed by atoms with van der Waals surface area (Å²) in [6.45, 7) is 2.18. The minimum Gasteiger partial charge on any atom is -0.468 e. The third-order valence-electron chi connectivity index (χ3n) is 5.67. The lowest BCUT2D eigenvalue weighted by Gasteiger charge is -2.35. The standard InChI is InChI=1S/C17H28O4/c1-4-5-8-12-11-17(15(18)20-2,16(19)21-3)14-10-7-6-9-13(12)14/h12-14H,4-11H2,1-3H3/t12-,13+,14+/m0/s1. The molecule has 0 aromatic carbocycles. The van der Waals surface area contributed by atoms with Gasteiger partial charge in [0.1, 0.15) is 0 Å². The number of ether oxygens (including phenoxy) is 2. The molecule has 4 nitrogen and oxygen atoms in total. The fourth-order valence-corrected chi connectivity index (χ4v) is 4.75. The third kappa shape index (κ3) is 2.69. The van der Waals surface area contributed by atoms with Gasteiger partial charge in [-0.15, -0.1) is 0 Å². The van der Waals surface area contributed by atoms with Crippen LogP contribution in [0.25, 0.3) is 0 Å². The number of carbonyl (C=O) groups excluding carboxylic acids is 2. The molecule has 0 saturated heterocycles. The van der Waals surface area contributed by atoms with Crippen LogP contribution in [0.3, 0.4) is 0 Å². The Bertz CT molecular complexity index is 374. The number of esters is 2. The van der Waals surface area contributed by atoms with Gasteiger partial charge in [0.25, 0.3) is 0 Å². The molecule has 120 valence electrons. The smallest absolute Gasteiger partial charge is 0.323 e. The highest BCUT2D eigenvalue weighted by Crippen LogP contribution is 2.58. The van der Waals surface area contributed by atoms with Crippen molar-refractivity contribution in [2.75, 3.05) is 14.2 Å². The van der Waals surface area contributed by atoms with E-state index in [1.54, 1.807) is 0 Å². The first-order valence-electron chi connectivity index (χ1n) is 8.28. The maximum atomic E-state index is 12.5. The van der Waals surface area contributed by atoms with Crippen LogP contribution in [0, 0.1) is 23.2 Å². The average molecular weight is 296 g/mol. The Hall–Kier alpha value is -1.06. The van der Waals surface area contributed by atoms with Crippen molar-refractivity contribution in [2.24, 2.45) is 23.2 Å². The Morgan fingerprint density at radius 3 is 2.29 bits per heavy atom. The molecule has 0 heterocycles. The van der Waals surface area contributed by atoms with Crippen LogP contribution in [0.2, 0.25) is 0 Å². The summed E-state index contributed by atoms with van der Waals surface area (Å²) < 4.78 is 10.0. The molecule has 0 amide bonds. The second-order valence-corrected chi connectivity index (χ2v) is 6.62. The van der Waals surface area contributed by atoms with Gasteiger partial charge in [-0.1, -0.05) is 39.0 Å². The monoisotopic (exact) mass is 296 g/mol. The van der Waals surface area contributed by atoms with Crippen LogP contribution in [-0.4, -0.2) is 26.2 Å². The third-order valence-corrected chi connectivity index (χ3v) is 5.67. The number of carbonyl (C=O) groups is 2. The summed E-state index contributed by atoms with van der Waals surface area (Å²) >= 11 is 0. The molecular formula is C17H28O4. The molecule has 0 N–H and O–H groups in total. The predicted octanol–water partition coefficient (Wildman–Crippen LogP) is 3.34. The number of fused-ring (bicyclic) bond motifs is 1. The van der Waals surface area contributed by atoms with Crippen LogP contribution < -0.4 is 0 Å². The second-order valence-electron chi connectivity index (χ2n) is 6.62. The van der Waals surface area contributed by atoms with E-state index in [-0.39, 0.29) is 17.9 Å². The Labute approximate surface area is 127 Å². The summed E-state index contributed by atoms with van der Waals surface area (Å²) in [7, 11) is 2.76. The van der Waals surface area contributed by atoms with Crippen molar-refractivity contribution in [1.29, 1.82) is 0 Å². The molecule has 0 aliphatic heterocycles. The van der Waals surface area contributed by atoms with Gasteiger partial charge >= 0.3 is 11.9 Å². The van der Waals surface area contributed by atoms with Gasteiger partial charge in [-0.25, -0.2) is 0 Å². The van der Waals surface area contributed by atoms with Crippen molar-refractivity contribution in [1.82, 2.24) is 0 Å². The minimum absolute atomic E-state index is 0.105. The zero-order valence-electron chi connectivity index (χ0n) is 13.5. The van der Waals surface area contributed by atoms with E-state index in [9.17, 15) is 9.59 Å². The van der Waals surface area contributed by atoms with Gasteiger partial charge in [0.15, 0.2) is 5.41 Å². The first kappa shape index (κ1) is 16.3. The largest absolute Gasteiger partial charge is 0.468 e. The van der Waals surface area contributed by atoms with E-state index in [1.807, 2.05) is 0 Å². The number of hydrogen-bond acceptors (Lipinski definition) is 4. The molecule has 2 saturated carbocycles. The summed E-state index contributed by atoms with van der Waals surface area (Å²) in [5.74, 6) is 0.264. The highest BCUT2D eigenvalue weighted by atomic mass is 16.5. The quantitative estimate of drug-likeness (QED) is 0.577. The van der Waals surface area contributed by atoms with Gasteiger partial charge in [-0.05, 0) is 37.0 Å². The molecule has 0 aromatic heterocycles. The molecule has 2 aliphatic carbocycles. The lowest BCUT2D eigenvalue weighted by molar-refractivity contribution is -0.173. The van der Waals surface area contributed by atoms with E-state index in [2.05, 4.69) is 6.92 Å². The van der Waals surface area contributed by atoms with E-state index in [4.69, 9.17) is 9.47 Å². The molecule has 2 fully saturated rings. The van der Waals surface area contributed by atoms with Crippen LogP contribution >= 0.6 is 0 Å². The van der Waals surface area contributed by atoms with E-state index in [0.29, 0.717) is 18.3 Å². The Kier molecular flexibility index (Phi) is 5.28. The summed E-state index contributed by atoms with van der Waals surface area (Å²) in [5.41, 5.74) is -1.05. The SMILES string of the molecule is CCCC[C@H]1CC(C(=O)OC)(C(=O)OC)[C@@H]2CCCC[C@H]12. The van der Waals surface area contributed by atoms with Crippen LogP contribution in [0.15, 0.2) is 0 Å². The molecule has 0 bridgehead atoms. The van der Waals surface area contributed by atoms with Gasteiger partial charge < -0.3 is 9.47 Å². The maximum absolute atomic E-state index is 12.5. The number of rotatable bonds is 5. The van der Waals surface area contributed by atoms with Gasteiger partial charge in [-0.2, -0.15) is 0 Å². The average Bonchev–Trinajstić information content (AvgIpc) is 2.87. The summed E-state index contributed by atoms with van der Waals surface area (Å²) in [6.07, 6.45) is 8.41. The summed E-state index contributed by atoms with van der Waals surface area (Å²) in [5, 5.41) is 0. The first-order valence-corrected chi connectivity index (χ1v) is 8.28. The highest BCUT2D eigenvalue weighted by molar-refractivity contribution is 6.01. The van der Waals surface area contributed by atoms with Crippen molar-refractivity contribution in [3.05, 3.63) is 0 Å². The van der Waals surface area contributed by atoms with E-state index >= 15 is 0 Å². The van der Waals surface area contributed by atoms with Crippen molar-refractivity contribution < 1.29 is 19.1 Å². The lowest BCUT2D eigenvalue weighted by Crippen LogP contribution is -2.46. The molecular weight excluding hydrogens is 268 g/mol. The van der Waals surface area contributed by atoms with Crippen LogP contribution in [0.5, 0.6) is 0 Å². The molecule has 3 atom stereocenters. The Balaban J connectivity index is 2.34. The fraction of sp³-hybridized carbons (Fsp3) is 0.882. The summed E-state index contributed by atoms with van der Waals surface area (Å²) in [4.78, 5) is 25.0. The van der Waals surface area contributed by atoms with Crippen LogP contribution in [-0.2, 0) is 19.1 Å². The van der Waals surface area contributed by atoms with Crippen molar-refractivity contribution in [3.8, 4) is 0 Å². The van der Waals surface area contributed by atoms with E-state index in [0.717, 1.165) is 38.5 Å². The zero-order valence-corrected chi connectivity index (χ0v) is 13.5. The van der Waals surface area contributed by atoms with Gasteiger partial charge in [0.2, 0.25) is 0 Å². The molecule has 2 aliphatic rings. The topological polar surface area (TPSA) is 52.6 Å².